The molecular weight excluding hydrogens is 849 g/mol. The van der Waals surface area contributed by atoms with Crippen molar-refractivity contribution in [3.63, 3.8) is 0 Å². The van der Waals surface area contributed by atoms with Crippen LogP contribution in [0.3, 0.4) is 0 Å². The first-order chi connectivity index (χ1) is 30.8. The van der Waals surface area contributed by atoms with Gasteiger partial charge in [-0.05, 0) is 70.7 Å². The SMILES string of the molecule is CCCCCC1(CCCCC)OC2C=C(C(=O)NC(C(=O)NC(CO)CCC(=O)OC(C)(C)C)C(C)O)CC(OC(=O)c3ccc(C=CCOC4OC(CO)C(O)C(O)C4O)cc3)C2O1. The molecule has 1 aromatic carbocycles. The highest BCUT2D eigenvalue weighted by atomic mass is 16.8. The lowest BCUT2D eigenvalue weighted by Crippen LogP contribution is -2.59. The van der Waals surface area contributed by atoms with Crippen LogP contribution in [-0.2, 0) is 42.8 Å². The minimum Gasteiger partial charge on any atom is -0.460 e. The van der Waals surface area contributed by atoms with E-state index in [9.17, 15) is 49.8 Å². The third-order valence-electron chi connectivity index (χ3n) is 11.4. The molecule has 2 heterocycles. The molecule has 4 rings (SSSR count). The van der Waals surface area contributed by atoms with Crippen LogP contribution in [-0.4, -0.2) is 153 Å². The van der Waals surface area contributed by atoms with Crippen molar-refractivity contribution >= 4 is 29.8 Å². The van der Waals surface area contributed by atoms with E-state index >= 15 is 0 Å². The van der Waals surface area contributed by atoms with Crippen molar-refractivity contribution in [2.45, 2.75) is 191 Å². The lowest BCUT2D eigenvalue weighted by Gasteiger charge is -2.39. The maximum Gasteiger partial charge on any atom is 0.338 e. The van der Waals surface area contributed by atoms with Gasteiger partial charge in [0.25, 0.3) is 0 Å². The van der Waals surface area contributed by atoms with Crippen LogP contribution in [0.25, 0.3) is 6.08 Å². The van der Waals surface area contributed by atoms with Gasteiger partial charge in [0, 0.05) is 31.3 Å². The summed E-state index contributed by atoms with van der Waals surface area (Å²) in [6.07, 6.45) is 0.674. The Hall–Kier alpha value is -3.82. The standard InChI is InChI=1S/C47H72N2O16/c1-7-9-11-21-47(22-12-10-8-2)63-34-25-31(42(57)49-37(28(3)52)43(58)48-32(26-50)19-20-36(53)64-46(4,5)6)24-33(41(34)65-47)61-44(59)30-17-15-29(16-18-30)14-13-23-60-45-40(56)39(55)38(54)35(27-51)62-45/h13-18,25,28,32-35,37-41,45,50-52,54-56H,7-12,19-24,26-27H2,1-6H3,(H,48,58)(H,49,57). The van der Waals surface area contributed by atoms with Gasteiger partial charge in [0.2, 0.25) is 11.8 Å². The predicted molar refractivity (Wildman–Crippen MR) is 236 cm³/mol. The van der Waals surface area contributed by atoms with Crippen molar-refractivity contribution in [1.29, 1.82) is 0 Å². The van der Waals surface area contributed by atoms with Gasteiger partial charge in [-0.1, -0.05) is 63.8 Å². The van der Waals surface area contributed by atoms with Crippen molar-refractivity contribution in [3.05, 3.63) is 53.1 Å². The number of rotatable bonds is 24. The van der Waals surface area contributed by atoms with Crippen molar-refractivity contribution in [2.75, 3.05) is 19.8 Å². The Morgan fingerprint density at radius 2 is 1.58 bits per heavy atom. The summed E-state index contributed by atoms with van der Waals surface area (Å²) in [7, 11) is 0. The molecule has 0 bridgehead atoms. The maximum atomic E-state index is 14.0. The van der Waals surface area contributed by atoms with Gasteiger partial charge in [-0.15, -0.1) is 0 Å². The first kappa shape index (κ1) is 53.8. The molecule has 366 valence electrons. The second-order valence-electron chi connectivity index (χ2n) is 18.1. The Kier molecular flexibility index (Phi) is 21.0. The third kappa shape index (κ3) is 15.9. The highest BCUT2D eigenvalue weighted by Crippen LogP contribution is 2.43. The Morgan fingerprint density at radius 1 is 0.923 bits per heavy atom. The number of esters is 2. The largest absolute Gasteiger partial charge is 0.460 e. The molecule has 2 fully saturated rings. The van der Waals surface area contributed by atoms with Crippen LogP contribution >= 0.6 is 0 Å². The summed E-state index contributed by atoms with van der Waals surface area (Å²) in [4.78, 5) is 53.5. The zero-order chi connectivity index (χ0) is 47.9. The molecule has 0 radical (unpaired) electrons. The fourth-order valence-electron chi connectivity index (χ4n) is 7.90. The topological polar surface area (TPSA) is 269 Å². The number of nitrogens with one attached hydrogen (secondary N) is 2. The van der Waals surface area contributed by atoms with E-state index in [1.807, 2.05) is 0 Å². The van der Waals surface area contributed by atoms with E-state index in [1.165, 1.54) is 6.92 Å². The average molecular weight is 921 g/mol. The van der Waals surface area contributed by atoms with Gasteiger partial charge in [0.05, 0.1) is 37.5 Å². The number of hydrogen-bond donors (Lipinski definition) is 8. The Balaban J connectivity index is 1.48. The zero-order valence-electron chi connectivity index (χ0n) is 38.6. The van der Waals surface area contributed by atoms with Crippen LogP contribution in [0.15, 0.2) is 42.0 Å². The molecule has 11 atom stereocenters. The second-order valence-corrected chi connectivity index (χ2v) is 18.1. The number of amides is 2. The molecule has 0 spiro atoms. The number of aliphatic hydroxyl groups is 6. The summed E-state index contributed by atoms with van der Waals surface area (Å²) in [5.74, 6) is -3.65. The summed E-state index contributed by atoms with van der Waals surface area (Å²) in [5.41, 5.74) is 0.334. The lowest BCUT2D eigenvalue weighted by atomic mass is 9.91. The fourth-order valence-corrected chi connectivity index (χ4v) is 7.90. The number of hydrogen-bond acceptors (Lipinski definition) is 16. The van der Waals surface area contributed by atoms with E-state index in [4.69, 9.17) is 28.4 Å². The lowest BCUT2D eigenvalue weighted by molar-refractivity contribution is -0.298. The van der Waals surface area contributed by atoms with Gasteiger partial charge >= 0.3 is 11.9 Å². The maximum absolute atomic E-state index is 14.0. The van der Waals surface area contributed by atoms with Crippen LogP contribution in [0.5, 0.6) is 0 Å². The smallest absolute Gasteiger partial charge is 0.338 e. The molecule has 2 amide bonds. The van der Waals surface area contributed by atoms with Crippen molar-refractivity contribution < 1.29 is 78.2 Å². The van der Waals surface area contributed by atoms with Crippen molar-refractivity contribution in [1.82, 2.24) is 10.6 Å². The Morgan fingerprint density at radius 3 is 2.17 bits per heavy atom. The molecule has 18 nitrogen and oxygen atoms in total. The number of ether oxygens (including phenoxy) is 6. The van der Waals surface area contributed by atoms with Gasteiger partial charge in [0.1, 0.15) is 54.4 Å². The van der Waals surface area contributed by atoms with E-state index in [-0.39, 0.29) is 37.0 Å². The van der Waals surface area contributed by atoms with Crippen LogP contribution in [0.1, 0.15) is 128 Å². The van der Waals surface area contributed by atoms with Crippen molar-refractivity contribution in [3.8, 4) is 0 Å². The van der Waals surface area contributed by atoms with Gasteiger partial charge in [-0.3, -0.25) is 14.4 Å². The number of unbranched alkanes of at least 4 members (excludes halogenated alkanes) is 4. The van der Waals surface area contributed by atoms with Gasteiger partial charge < -0.3 is 69.7 Å². The Labute approximate surface area is 381 Å². The highest BCUT2D eigenvalue weighted by molar-refractivity contribution is 5.97. The summed E-state index contributed by atoms with van der Waals surface area (Å²) in [6.45, 7) is 9.58. The molecule has 2 saturated heterocycles. The Bertz CT molecular complexity index is 1730. The van der Waals surface area contributed by atoms with E-state index in [2.05, 4.69) is 24.5 Å². The molecule has 3 aliphatic rings. The number of carbonyl (C=O) groups is 4. The van der Waals surface area contributed by atoms with Crippen LogP contribution in [0.2, 0.25) is 0 Å². The fraction of sp³-hybridized carbons (Fsp3) is 0.702. The van der Waals surface area contributed by atoms with Crippen LogP contribution in [0, 0.1) is 0 Å². The summed E-state index contributed by atoms with van der Waals surface area (Å²) >= 11 is 0. The van der Waals surface area contributed by atoms with Gasteiger partial charge in [0.15, 0.2) is 12.1 Å². The number of benzene rings is 1. The van der Waals surface area contributed by atoms with E-state index in [0.717, 1.165) is 38.5 Å². The van der Waals surface area contributed by atoms with Gasteiger partial charge in [-0.25, -0.2) is 4.79 Å². The first-order valence-corrected chi connectivity index (χ1v) is 22.9. The first-order valence-electron chi connectivity index (χ1n) is 22.9. The summed E-state index contributed by atoms with van der Waals surface area (Å²) in [6, 6.07) is 4.15. The summed E-state index contributed by atoms with van der Waals surface area (Å²) < 4.78 is 35.7. The average Bonchev–Trinajstić information content (AvgIpc) is 3.63. The summed E-state index contributed by atoms with van der Waals surface area (Å²) in [5, 5.41) is 65.5. The predicted octanol–water partition coefficient (Wildman–Crippen LogP) is 2.48. The van der Waals surface area contributed by atoms with Gasteiger partial charge in [-0.2, -0.15) is 0 Å². The molecule has 65 heavy (non-hydrogen) atoms. The molecule has 2 aliphatic heterocycles. The molecule has 0 aromatic heterocycles. The number of aliphatic hydroxyl groups excluding tert-OH is 6. The van der Waals surface area contributed by atoms with Crippen LogP contribution < -0.4 is 10.6 Å². The van der Waals surface area contributed by atoms with E-state index < -0.39 is 116 Å². The number of fused-ring (bicyclic) bond motifs is 1. The molecule has 8 N–H and O–H groups in total. The second kappa shape index (κ2) is 25.4. The minimum absolute atomic E-state index is 0.0530. The molecular formula is C47H72N2O16. The molecule has 18 heteroatoms. The molecule has 1 aromatic rings. The quantitative estimate of drug-likeness (QED) is 0.0547. The normalized spacial score (nSPS) is 26.7. The van der Waals surface area contributed by atoms with E-state index in [1.54, 1.807) is 63.3 Å². The molecule has 0 saturated carbocycles. The molecule has 1 aliphatic carbocycles. The monoisotopic (exact) mass is 920 g/mol. The minimum atomic E-state index is -1.56. The highest BCUT2D eigenvalue weighted by Gasteiger charge is 2.52. The zero-order valence-corrected chi connectivity index (χ0v) is 38.6. The third-order valence-corrected chi connectivity index (χ3v) is 11.4. The van der Waals surface area contributed by atoms with Crippen molar-refractivity contribution in [2.24, 2.45) is 0 Å². The van der Waals surface area contributed by atoms with Crippen LogP contribution in [0.4, 0.5) is 0 Å². The number of carbonyl (C=O) groups excluding carboxylic acids is 4. The molecule has 11 unspecified atom stereocenters. The van der Waals surface area contributed by atoms with E-state index in [0.29, 0.717) is 18.4 Å².